The number of anilines is 8. The number of aromatic nitrogens is 2. The summed E-state index contributed by atoms with van der Waals surface area (Å²) in [4.78, 5) is 13.1. The Balaban J connectivity index is 1.13. The summed E-state index contributed by atoms with van der Waals surface area (Å²) in [5, 5.41) is 0. The van der Waals surface area contributed by atoms with Gasteiger partial charge in [0.2, 0.25) is 0 Å². The molecule has 3 aliphatic rings. The first-order valence-corrected chi connectivity index (χ1v) is 27.4. The summed E-state index contributed by atoms with van der Waals surface area (Å²) in [6, 6.07) is 57.7. The monoisotopic (exact) mass is 986 g/mol. The smallest absolute Gasteiger partial charge is 0.294 e. The number of hydrogen-bond acceptors (Lipinski definition) is 4. The SMILES string of the molecule is CC(C)(C)C1=CC=C(N(c2ccc(C(C)(C)C)cc2)c2ccc3nc4n(c3c2)-c2cc(C(C)(C)C)cc3c2B4c2ccc(N(c4ccc(C(C)(C)C)cc4)c4ccc(C(C)(C)C)cc4)cc2N3c2ccccc2)CC1. The second kappa shape index (κ2) is 17.8. The third-order valence-electron chi connectivity index (χ3n) is 16.1. The maximum absolute atomic E-state index is 5.69. The van der Waals surface area contributed by atoms with Crippen molar-refractivity contribution in [3.63, 3.8) is 0 Å². The Morgan fingerprint density at radius 1 is 0.427 bits per heavy atom. The van der Waals surface area contributed by atoms with E-state index in [4.69, 9.17) is 4.98 Å². The average molecular weight is 986 g/mol. The predicted octanol–water partition coefficient (Wildman–Crippen LogP) is 17.1. The number of fused-ring (bicyclic) bond motifs is 7. The molecular formula is C69H76BN5. The number of nitrogens with zero attached hydrogens (tertiary/aromatic N) is 5. The molecule has 7 aromatic carbocycles. The quantitative estimate of drug-likeness (QED) is 0.149. The van der Waals surface area contributed by atoms with E-state index in [1.807, 2.05) is 0 Å². The van der Waals surface area contributed by atoms with Crippen LogP contribution in [0.25, 0.3) is 16.7 Å². The number of benzene rings is 7. The highest BCUT2D eigenvalue weighted by molar-refractivity contribution is 6.99. The van der Waals surface area contributed by atoms with E-state index in [1.54, 1.807) is 0 Å². The fraction of sp³-hybridized carbons (Fsp3) is 0.319. The van der Waals surface area contributed by atoms with Gasteiger partial charge in [0.15, 0.2) is 0 Å². The van der Waals surface area contributed by atoms with Crippen molar-refractivity contribution in [3.8, 4) is 5.69 Å². The number of imidazole rings is 1. The summed E-state index contributed by atoms with van der Waals surface area (Å²) in [6.07, 6.45) is 6.75. The van der Waals surface area contributed by atoms with E-state index >= 15 is 0 Å². The van der Waals surface area contributed by atoms with Gasteiger partial charge in [-0.1, -0.05) is 176 Å². The van der Waals surface area contributed by atoms with Crippen molar-refractivity contribution in [1.29, 1.82) is 0 Å². The van der Waals surface area contributed by atoms with Gasteiger partial charge in [-0.3, -0.25) is 0 Å². The third-order valence-corrected chi connectivity index (χ3v) is 16.1. The van der Waals surface area contributed by atoms with Crippen LogP contribution in [-0.2, 0) is 21.7 Å². The number of allylic oxidation sites excluding steroid dienone is 4. The molecule has 0 saturated heterocycles. The van der Waals surface area contributed by atoms with Crippen molar-refractivity contribution in [2.75, 3.05) is 14.7 Å². The van der Waals surface area contributed by atoms with E-state index in [-0.39, 0.29) is 33.8 Å². The Labute approximate surface area is 448 Å². The molecule has 1 aromatic heterocycles. The van der Waals surface area contributed by atoms with Crippen molar-refractivity contribution < 1.29 is 0 Å². The standard InChI is InChI=1S/C69H76BN5/c1-65(2,3)45-21-29-51(30-22-45)72(52-31-23-46(24-32-52)66(4,5)6)55-37-39-57-59(43-55)74(50-19-17-16-18-20-50)61-41-49(69(13,14)15)42-62-63(61)70(57)64-71-58-40-38-56(44-60(58)75(62)64)73(53-33-25-47(26-34-53)67(7,8)9)54-35-27-48(28-36-54)68(10,11)12/h16-27,29-35,37-44H,28,36H2,1-15H3. The minimum Gasteiger partial charge on any atom is -0.314 e. The van der Waals surface area contributed by atoms with Crippen LogP contribution in [0.1, 0.15) is 139 Å². The molecule has 0 atom stereocenters. The van der Waals surface area contributed by atoms with Gasteiger partial charge in [-0.15, -0.1) is 0 Å². The van der Waals surface area contributed by atoms with Crippen molar-refractivity contribution in [3.05, 3.63) is 197 Å². The van der Waals surface area contributed by atoms with E-state index in [9.17, 15) is 0 Å². The van der Waals surface area contributed by atoms with Crippen molar-refractivity contribution in [2.45, 2.75) is 138 Å². The zero-order chi connectivity index (χ0) is 53.1. The maximum atomic E-state index is 5.69. The van der Waals surface area contributed by atoms with E-state index < -0.39 is 0 Å². The fourth-order valence-corrected chi connectivity index (χ4v) is 11.6. The Hall–Kier alpha value is -7.05. The van der Waals surface area contributed by atoms with Gasteiger partial charge in [-0.25, -0.2) is 4.98 Å². The van der Waals surface area contributed by atoms with Gasteiger partial charge in [0.05, 0.1) is 16.8 Å². The van der Waals surface area contributed by atoms with Crippen LogP contribution in [0.2, 0.25) is 0 Å². The normalized spacial score (nSPS) is 14.6. The first kappa shape index (κ1) is 50.1. The zero-order valence-electron chi connectivity index (χ0n) is 47.3. The molecule has 0 N–H and O–H groups in total. The molecule has 0 fully saturated rings. The molecule has 0 bridgehead atoms. The van der Waals surface area contributed by atoms with E-state index in [2.05, 4.69) is 287 Å². The van der Waals surface area contributed by atoms with Crippen LogP contribution in [0.3, 0.4) is 0 Å². The van der Waals surface area contributed by atoms with Gasteiger partial charge in [0.1, 0.15) is 0 Å². The van der Waals surface area contributed by atoms with Crippen molar-refractivity contribution in [2.24, 2.45) is 5.41 Å². The first-order chi connectivity index (χ1) is 35.3. The van der Waals surface area contributed by atoms with Crippen LogP contribution in [-0.4, -0.2) is 16.3 Å². The molecule has 11 rings (SSSR count). The summed E-state index contributed by atoms with van der Waals surface area (Å²) in [5.74, 6) is 0. The molecule has 2 aliphatic heterocycles. The highest BCUT2D eigenvalue weighted by Gasteiger charge is 2.46. The van der Waals surface area contributed by atoms with Crippen LogP contribution in [0.15, 0.2) is 175 Å². The number of para-hydroxylation sites is 1. The van der Waals surface area contributed by atoms with E-state index in [0.717, 1.165) is 63.7 Å². The summed E-state index contributed by atoms with van der Waals surface area (Å²) >= 11 is 0. The van der Waals surface area contributed by atoms with E-state index in [1.165, 1.54) is 61.5 Å². The largest absolute Gasteiger partial charge is 0.314 e. The first-order valence-electron chi connectivity index (χ1n) is 27.4. The van der Waals surface area contributed by atoms with Crippen molar-refractivity contribution in [1.82, 2.24) is 9.55 Å². The lowest BCUT2D eigenvalue weighted by atomic mass is 9.39. The minimum absolute atomic E-state index is 0.0377. The molecule has 0 radical (unpaired) electrons. The van der Waals surface area contributed by atoms with Gasteiger partial charge >= 0.3 is 0 Å². The highest BCUT2D eigenvalue weighted by atomic mass is 15.2. The summed E-state index contributed by atoms with van der Waals surface area (Å²) in [7, 11) is 0. The fourth-order valence-electron chi connectivity index (χ4n) is 11.6. The molecule has 0 saturated carbocycles. The van der Waals surface area contributed by atoms with Crippen LogP contribution in [0.5, 0.6) is 0 Å². The topological polar surface area (TPSA) is 27.5 Å². The molecule has 6 heteroatoms. The molecule has 3 heterocycles. The average Bonchev–Trinajstić information content (AvgIpc) is 3.89. The Morgan fingerprint density at radius 3 is 1.43 bits per heavy atom. The molecule has 0 unspecified atom stereocenters. The van der Waals surface area contributed by atoms with Crippen LogP contribution >= 0.6 is 0 Å². The van der Waals surface area contributed by atoms with Gasteiger partial charge in [0, 0.05) is 56.9 Å². The Morgan fingerprint density at radius 2 is 0.920 bits per heavy atom. The minimum atomic E-state index is -0.131. The van der Waals surface area contributed by atoms with Gasteiger partial charge < -0.3 is 19.3 Å². The number of hydrogen-bond donors (Lipinski definition) is 0. The third kappa shape index (κ3) is 9.02. The van der Waals surface area contributed by atoms with Crippen LogP contribution in [0, 0.1) is 5.41 Å². The lowest BCUT2D eigenvalue weighted by molar-refractivity contribution is 0.479. The molecule has 1 aliphatic carbocycles. The Kier molecular flexibility index (Phi) is 11.9. The van der Waals surface area contributed by atoms with E-state index in [0.29, 0.717) is 0 Å². The highest BCUT2D eigenvalue weighted by Crippen LogP contribution is 2.46. The second-order valence-corrected chi connectivity index (χ2v) is 26.7. The molecule has 5 nitrogen and oxygen atoms in total. The molecule has 8 aromatic rings. The lowest BCUT2D eigenvalue weighted by Crippen LogP contribution is -2.55. The maximum Gasteiger partial charge on any atom is 0.294 e. The number of rotatable bonds is 7. The molecule has 380 valence electrons. The lowest BCUT2D eigenvalue weighted by Gasteiger charge is -2.37. The summed E-state index contributed by atoms with van der Waals surface area (Å²) in [5.41, 5.74) is 24.3. The van der Waals surface area contributed by atoms with Gasteiger partial charge in [-0.05, 0) is 170 Å². The molecule has 0 amide bonds. The van der Waals surface area contributed by atoms with Gasteiger partial charge in [0.25, 0.3) is 6.71 Å². The molecule has 0 spiro atoms. The van der Waals surface area contributed by atoms with Crippen LogP contribution in [0.4, 0.5) is 45.5 Å². The molecule has 75 heavy (non-hydrogen) atoms. The second-order valence-electron chi connectivity index (χ2n) is 26.7. The summed E-state index contributed by atoms with van der Waals surface area (Å²) < 4.78 is 2.51. The zero-order valence-corrected chi connectivity index (χ0v) is 47.3. The van der Waals surface area contributed by atoms with Gasteiger partial charge in [-0.2, -0.15) is 0 Å². The molecular weight excluding hydrogens is 910 g/mol. The Bertz CT molecular complexity index is 3480. The summed E-state index contributed by atoms with van der Waals surface area (Å²) in [6.45, 7) is 34.5. The predicted molar refractivity (Wildman–Crippen MR) is 323 cm³/mol. The van der Waals surface area contributed by atoms with Crippen molar-refractivity contribution >= 4 is 79.9 Å². The van der Waals surface area contributed by atoms with Crippen LogP contribution < -0.4 is 31.3 Å².